The van der Waals surface area contributed by atoms with Gasteiger partial charge in [-0.15, -0.1) is 11.3 Å². The lowest BCUT2D eigenvalue weighted by Crippen LogP contribution is -2.54. The third kappa shape index (κ3) is 7.97. The molecule has 34 heavy (non-hydrogen) atoms. The van der Waals surface area contributed by atoms with Crippen LogP contribution in [-0.2, 0) is 26.2 Å². The normalized spacial score (nSPS) is 17.3. The Labute approximate surface area is 207 Å². The highest BCUT2D eigenvalue weighted by Crippen LogP contribution is 2.36. The van der Waals surface area contributed by atoms with Gasteiger partial charge in [0.1, 0.15) is 0 Å². The lowest BCUT2D eigenvalue weighted by atomic mass is 9.71. The van der Waals surface area contributed by atoms with Crippen molar-refractivity contribution in [2.24, 2.45) is 0 Å². The molecule has 1 saturated carbocycles. The fraction of sp³-hybridized carbons (Fsp3) is 0.519. The van der Waals surface area contributed by atoms with Crippen LogP contribution in [0.2, 0.25) is 0 Å². The molecule has 1 aliphatic heterocycles. The van der Waals surface area contributed by atoms with Crippen LogP contribution in [0.5, 0.6) is 0 Å². The number of carbonyl (C=O) groups is 3. The van der Waals surface area contributed by atoms with Crippen molar-refractivity contribution in [2.75, 3.05) is 13.1 Å². The van der Waals surface area contributed by atoms with Gasteiger partial charge in [0.15, 0.2) is 0 Å². The summed E-state index contributed by atoms with van der Waals surface area (Å²) >= 11 is 1.82. The molecule has 2 aromatic rings. The second-order valence-corrected chi connectivity index (χ2v) is 9.83. The molecule has 4 rings (SSSR count). The van der Waals surface area contributed by atoms with Crippen LogP contribution in [0.25, 0.3) is 0 Å². The molecule has 2 aliphatic rings. The first-order valence-electron chi connectivity index (χ1n) is 12.2. The van der Waals surface area contributed by atoms with E-state index in [0.717, 1.165) is 18.4 Å². The van der Waals surface area contributed by atoms with Gasteiger partial charge in [-0.2, -0.15) is 0 Å². The van der Waals surface area contributed by atoms with E-state index >= 15 is 0 Å². The summed E-state index contributed by atoms with van der Waals surface area (Å²) in [5.41, 5.74) is 0.589. The Kier molecular flexibility index (Phi) is 11.8. The monoisotopic (exact) mass is 486 g/mol. The third-order valence-corrected chi connectivity index (χ3v) is 7.71. The molecule has 0 atom stereocenters. The van der Waals surface area contributed by atoms with Gasteiger partial charge >= 0.3 is 0 Å². The maximum absolute atomic E-state index is 13.3. The molecule has 1 aromatic heterocycles. The molecule has 2 heterocycles. The predicted molar refractivity (Wildman–Crippen MR) is 137 cm³/mol. The van der Waals surface area contributed by atoms with Crippen molar-refractivity contribution in [2.45, 2.75) is 76.7 Å². The lowest BCUT2D eigenvalue weighted by molar-refractivity contribution is -0.135. The summed E-state index contributed by atoms with van der Waals surface area (Å²) in [7, 11) is 0. The number of carbonyl (C=O) groups excluding carboxylic acids is 2. The standard InChI is InChI=1S/C20H28N2O2.C6H8S.CH2O2/c1-16(23)22-14-12-20(13-15-22,17-8-4-2-5-9-17)19(24)21-18-10-6-3-7-11-18;1-2-6-4-3-5-7-6;2-1-3/h2,4-5,8-9,18H,3,6-7,10-15H2,1H3,(H,21,24);3-5H,2H2,1H3;1H,(H,2,3). The summed E-state index contributed by atoms with van der Waals surface area (Å²) in [5, 5.41) is 12.3. The number of nitrogens with one attached hydrogen (secondary N) is 1. The molecule has 1 aromatic carbocycles. The molecule has 0 bridgehead atoms. The Balaban J connectivity index is 0.000000341. The number of carboxylic acid groups (broad SMARTS) is 1. The Morgan fingerprint density at radius 3 is 2.18 bits per heavy atom. The van der Waals surface area contributed by atoms with Crippen molar-refractivity contribution >= 4 is 29.6 Å². The molecule has 2 amide bonds. The smallest absolute Gasteiger partial charge is 0.290 e. The summed E-state index contributed by atoms with van der Waals surface area (Å²) in [6.45, 7) is 4.84. The quantitative estimate of drug-likeness (QED) is 0.594. The fourth-order valence-corrected chi connectivity index (χ4v) is 5.35. The zero-order chi connectivity index (χ0) is 24.8. The van der Waals surface area contributed by atoms with Gasteiger partial charge in [0.05, 0.1) is 5.41 Å². The van der Waals surface area contributed by atoms with Gasteiger partial charge in [0.25, 0.3) is 6.47 Å². The van der Waals surface area contributed by atoms with Crippen LogP contribution in [0.1, 0.15) is 69.2 Å². The van der Waals surface area contributed by atoms with E-state index in [1.165, 1.54) is 30.6 Å². The van der Waals surface area contributed by atoms with E-state index in [0.29, 0.717) is 32.0 Å². The van der Waals surface area contributed by atoms with E-state index in [1.807, 2.05) is 34.4 Å². The summed E-state index contributed by atoms with van der Waals surface area (Å²) in [6, 6.07) is 14.7. The summed E-state index contributed by atoms with van der Waals surface area (Å²) in [4.78, 5) is 36.6. The molecule has 1 aliphatic carbocycles. The predicted octanol–water partition coefficient (Wildman–Crippen LogP) is 5.03. The maximum atomic E-state index is 13.3. The van der Waals surface area contributed by atoms with Crippen LogP contribution in [0, 0.1) is 0 Å². The zero-order valence-electron chi connectivity index (χ0n) is 20.4. The number of nitrogens with zero attached hydrogens (tertiary/aromatic N) is 1. The first-order chi connectivity index (χ1) is 16.5. The number of amides is 2. The van der Waals surface area contributed by atoms with Gasteiger partial charge in [-0.3, -0.25) is 14.4 Å². The number of rotatable bonds is 4. The average molecular weight is 487 g/mol. The Bertz CT molecular complexity index is 856. The summed E-state index contributed by atoms with van der Waals surface area (Å²) in [5.74, 6) is 0.258. The molecule has 2 N–H and O–H groups in total. The SMILES string of the molecule is CC(=O)N1CCC(C(=O)NC2CCCCC2)(c2ccccc2)CC1.CCc1cccs1.O=CO. The third-order valence-electron chi connectivity index (χ3n) is 6.69. The van der Waals surface area contributed by atoms with Gasteiger partial charge in [-0.25, -0.2) is 0 Å². The van der Waals surface area contributed by atoms with E-state index in [-0.39, 0.29) is 18.3 Å². The van der Waals surface area contributed by atoms with Crippen molar-refractivity contribution in [1.29, 1.82) is 0 Å². The summed E-state index contributed by atoms with van der Waals surface area (Å²) < 4.78 is 0. The van der Waals surface area contributed by atoms with Crippen molar-refractivity contribution in [3.63, 3.8) is 0 Å². The van der Waals surface area contributed by atoms with Gasteiger partial charge in [-0.1, -0.05) is 62.6 Å². The van der Waals surface area contributed by atoms with Crippen LogP contribution < -0.4 is 5.32 Å². The Hall–Kier alpha value is -2.67. The van der Waals surface area contributed by atoms with Crippen LogP contribution >= 0.6 is 11.3 Å². The van der Waals surface area contributed by atoms with Gasteiger partial charge < -0.3 is 15.3 Å². The van der Waals surface area contributed by atoms with Gasteiger partial charge in [0.2, 0.25) is 11.8 Å². The molecule has 186 valence electrons. The number of hydrogen-bond donors (Lipinski definition) is 2. The van der Waals surface area contributed by atoms with Gasteiger partial charge in [0, 0.05) is 30.9 Å². The number of benzene rings is 1. The second-order valence-electron chi connectivity index (χ2n) is 8.80. The lowest BCUT2D eigenvalue weighted by Gasteiger charge is -2.41. The van der Waals surface area contributed by atoms with Crippen molar-refractivity contribution in [3.05, 3.63) is 58.3 Å². The molecule has 0 unspecified atom stereocenters. The highest BCUT2D eigenvalue weighted by molar-refractivity contribution is 7.09. The molecular formula is C27H38N2O4S. The number of thiophene rings is 1. The molecule has 2 fully saturated rings. The zero-order valence-corrected chi connectivity index (χ0v) is 21.2. The minimum atomic E-state index is -0.495. The largest absolute Gasteiger partial charge is 0.483 e. The molecule has 7 heteroatoms. The Morgan fingerprint density at radius 2 is 1.71 bits per heavy atom. The summed E-state index contributed by atoms with van der Waals surface area (Å²) in [6.07, 6.45) is 8.47. The van der Waals surface area contributed by atoms with Crippen molar-refractivity contribution in [1.82, 2.24) is 10.2 Å². The number of hydrogen-bond acceptors (Lipinski definition) is 4. The van der Waals surface area contributed by atoms with Crippen molar-refractivity contribution < 1.29 is 19.5 Å². The van der Waals surface area contributed by atoms with E-state index < -0.39 is 5.41 Å². The minimum Gasteiger partial charge on any atom is -0.483 e. The molecular weight excluding hydrogens is 448 g/mol. The number of likely N-dealkylation sites (tertiary alicyclic amines) is 1. The highest BCUT2D eigenvalue weighted by Gasteiger charge is 2.43. The molecule has 1 saturated heterocycles. The maximum Gasteiger partial charge on any atom is 0.290 e. The van der Waals surface area contributed by atoms with Crippen LogP contribution in [0.4, 0.5) is 0 Å². The molecule has 6 nitrogen and oxygen atoms in total. The van der Waals surface area contributed by atoms with Gasteiger partial charge in [-0.05, 0) is 49.1 Å². The van der Waals surface area contributed by atoms with E-state index in [9.17, 15) is 9.59 Å². The van der Waals surface area contributed by atoms with Crippen LogP contribution in [0.3, 0.4) is 0 Å². The first kappa shape index (κ1) is 27.6. The number of aryl methyl sites for hydroxylation is 1. The average Bonchev–Trinajstić information content (AvgIpc) is 3.40. The second kappa shape index (κ2) is 14.6. The molecule has 0 radical (unpaired) electrons. The van der Waals surface area contributed by atoms with E-state index in [4.69, 9.17) is 9.90 Å². The Morgan fingerprint density at radius 1 is 1.09 bits per heavy atom. The van der Waals surface area contributed by atoms with Crippen LogP contribution in [-0.4, -0.2) is 47.4 Å². The molecule has 0 spiro atoms. The van der Waals surface area contributed by atoms with E-state index in [2.05, 4.69) is 41.9 Å². The minimum absolute atomic E-state index is 0.101. The topological polar surface area (TPSA) is 86.7 Å². The first-order valence-corrected chi connectivity index (χ1v) is 13.1. The fourth-order valence-electron chi connectivity index (χ4n) is 4.69. The van der Waals surface area contributed by atoms with E-state index in [1.54, 1.807) is 6.92 Å². The van der Waals surface area contributed by atoms with Crippen LogP contribution in [0.15, 0.2) is 47.8 Å². The van der Waals surface area contributed by atoms with Crippen molar-refractivity contribution in [3.8, 4) is 0 Å². The number of piperidine rings is 1. The highest BCUT2D eigenvalue weighted by atomic mass is 32.1.